The molecule has 2 unspecified atom stereocenters. The number of hydrogen-bond donors (Lipinski definition) is 2. The molecule has 0 aliphatic carbocycles. The maximum Gasteiger partial charge on any atom is 0.0111 e. The SMILES string of the molecule is CNCCNC1CC2CCC(C1)N2C. The Hall–Kier alpha value is -0.120. The fourth-order valence-corrected chi connectivity index (χ4v) is 2.98. The molecule has 14 heavy (non-hydrogen) atoms. The highest BCUT2D eigenvalue weighted by Crippen LogP contribution is 2.33. The van der Waals surface area contributed by atoms with Gasteiger partial charge in [-0.25, -0.2) is 0 Å². The van der Waals surface area contributed by atoms with Crippen LogP contribution in [-0.2, 0) is 0 Å². The van der Waals surface area contributed by atoms with Gasteiger partial charge in [-0.15, -0.1) is 0 Å². The van der Waals surface area contributed by atoms with E-state index >= 15 is 0 Å². The zero-order valence-electron chi connectivity index (χ0n) is 9.42. The van der Waals surface area contributed by atoms with Gasteiger partial charge in [-0.1, -0.05) is 0 Å². The molecule has 2 heterocycles. The van der Waals surface area contributed by atoms with Crippen LogP contribution in [0.2, 0.25) is 0 Å². The largest absolute Gasteiger partial charge is 0.318 e. The smallest absolute Gasteiger partial charge is 0.0111 e. The van der Waals surface area contributed by atoms with Gasteiger partial charge in [0.25, 0.3) is 0 Å². The second-order valence-corrected chi connectivity index (χ2v) is 4.78. The number of hydrogen-bond acceptors (Lipinski definition) is 3. The summed E-state index contributed by atoms with van der Waals surface area (Å²) in [6, 6.07) is 2.50. The van der Waals surface area contributed by atoms with Gasteiger partial charge in [0.2, 0.25) is 0 Å². The Labute approximate surface area is 87.2 Å². The topological polar surface area (TPSA) is 27.3 Å². The molecule has 0 radical (unpaired) electrons. The van der Waals surface area contributed by atoms with Crippen molar-refractivity contribution in [2.75, 3.05) is 27.2 Å². The fraction of sp³-hybridized carbons (Fsp3) is 1.00. The molecule has 0 aromatic rings. The lowest BCUT2D eigenvalue weighted by molar-refractivity contribution is 0.149. The normalized spacial score (nSPS) is 37.7. The summed E-state index contributed by atoms with van der Waals surface area (Å²) in [4.78, 5) is 2.59. The summed E-state index contributed by atoms with van der Waals surface area (Å²) in [5, 5.41) is 6.84. The molecule has 3 nitrogen and oxygen atoms in total. The number of nitrogens with zero attached hydrogens (tertiary/aromatic N) is 1. The maximum absolute atomic E-state index is 3.65. The molecule has 82 valence electrons. The second-order valence-electron chi connectivity index (χ2n) is 4.78. The lowest BCUT2D eigenvalue weighted by atomic mass is 9.98. The van der Waals surface area contributed by atoms with E-state index in [9.17, 15) is 0 Å². The monoisotopic (exact) mass is 197 g/mol. The van der Waals surface area contributed by atoms with Crippen molar-refractivity contribution in [1.82, 2.24) is 15.5 Å². The van der Waals surface area contributed by atoms with Crippen LogP contribution >= 0.6 is 0 Å². The Bertz CT molecular complexity index is 169. The molecule has 2 rings (SSSR count). The van der Waals surface area contributed by atoms with Crippen molar-refractivity contribution in [3.05, 3.63) is 0 Å². The molecule has 2 aliphatic rings. The van der Waals surface area contributed by atoms with Crippen LogP contribution in [0, 0.1) is 0 Å². The third-order valence-electron chi connectivity index (χ3n) is 3.91. The Morgan fingerprint density at radius 3 is 2.36 bits per heavy atom. The predicted molar refractivity (Wildman–Crippen MR) is 59.5 cm³/mol. The molecule has 0 saturated carbocycles. The number of nitrogens with one attached hydrogen (secondary N) is 2. The van der Waals surface area contributed by atoms with E-state index < -0.39 is 0 Å². The highest BCUT2D eigenvalue weighted by Gasteiger charge is 2.37. The molecule has 2 atom stereocenters. The van der Waals surface area contributed by atoms with Gasteiger partial charge in [0, 0.05) is 31.2 Å². The quantitative estimate of drug-likeness (QED) is 0.640. The Kier molecular flexibility index (Phi) is 3.42. The zero-order chi connectivity index (χ0) is 9.97. The van der Waals surface area contributed by atoms with Gasteiger partial charge in [-0.3, -0.25) is 0 Å². The van der Waals surface area contributed by atoms with Gasteiger partial charge < -0.3 is 15.5 Å². The molecule has 2 N–H and O–H groups in total. The van der Waals surface area contributed by atoms with E-state index in [1.54, 1.807) is 0 Å². The number of rotatable bonds is 4. The van der Waals surface area contributed by atoms with Crippen LogP contribution in [0.15, 0.2) is 0 Å². The van der Waals surface area contributed by atoms with E-state index in [-0.39, 0.29) is 0 Å². The van der Waals surface area contributed by atoms with Gasteiger partial charge in [-0.05, 0) is 39.8 Å². The summed E-state index contributed by atoms with van der Waals surface area (Å²) >= 11 is 0. The lowest BCUT2D eigenvalue weighted by Crippen LogP contribution is -2.48. The van der Waals surface area contributed by atoms with Crippen LogP contribution < -0.4 is 10.6 Å². The molecular weight excluding hydrogens is 174 g/mol. The molecule has 0 aromatic heterocycles. The van der Waals surface area contributed by atoms with Crippen molar-refractivity contribution in [3.8, 4) is 0 Å². The standard InChI is InChI=1S/C11H23N3/c1-12-5-6-13-9-7-10-3-4-11(8-9)14(10)2/h9-13H,3-8H2,1-2H3. The average Bonchev–Trinajstić information content (AvgIpc) is 2.41. The van der Waals surface area contributed by atoms with Crippen LogP contribution in [0.5, 0.6) is 0 Å². The van der Waals surface area contributed by atoms with Gasteiger partial charge in [0.1, 0.15) is 0 Å². The molecule has 2 aliphatic heterocycles. The highest BCUT2D eigenvalue weighted by atomic mass is 15.2. The summed E-state index contributed by atoms with van der Waals surface area (Å²) in [6.07, 6.45) is 5.56. The van der Waals surface area contributed by atoms with E-state index in [1.807, 2.05) is 7.05 Å². The number of fused-ring (bicyclic) bond motifs is 2. The first-order chi connectivity index (χ1) is 6.81. The average molecular weight is 197 g/mol. The molecule has 0 aromatic carbocycles. The fourth-order valence-electron chi connectivity index (χ4n) is 2.98. The molecule has 2 bridgehead atoms. The first kappa shape index (κ1) is 10.4. The highest BCUT2D eigenvalue weighted by molar-refractivity contribution is 4.95. The summed E-state index contributed by atoms with van der Waals surface area (Å²) < 4.78 is 0. The zero-order valence-corrected chi connectivity index (χ0v) is 9.42. The predicted octanol–water partition coefficient (Wildman–Crippen LogP) is 0.421. The van der Waals surface area contributed by atoms with E-state index in [1.165, 1.54) is 25.7 Å². The molecule has 0 amide bonds. The first-order valence-electron chi connectivity index (χ1n) is 5.91. The van der Waals surface area contributed by atoms with Crippen molar-refractivity contribution in [2.24, 2.45) is 0 Å². The van der Waals surface area contributed by atoms with E-state index in [0.717, 1.165) is 31.2 Å². The minimum Gasteiger partial charge on any atom is -0.318 e. The van der Waals surface area contributed by atoms with Crippen molar-refractivity contribution < 1.29 is 0 Å². The third kappa shape index (κ3) is 2.10. The molecule has 3 heteroatoms. The Morgan fingerprint density at radius 1 is 1.14 bits per heavy atom. The maximum atomic E-state index is 3.65. The summed E-state index contributed by atoms with van der Waals surface area (Å²) in [5.41, 5.74) is 0. The van der Waals surface area contributed by atoms with Crippen LogP contribution in [-0.4, -0.2) is 50.2 Å². The second kappa shape index (κ2) is 4.60. The van der Waals surface area contributed by atoms with Gasteiger partial charge >= 0.3 is 0 Å². The van der Waals surface area contributed by atoms with Crippen molar-refractivity contribution >= 4 is 0 Å². The minimum absolute atomic E-state index is 0.775. The number of piperidine rings is 1. The molecular formula is C11H23N3. The molecule has 2 saturated heterocycles. The van der Waals surface area contributed by atoms with Crippen LogP contribution in [0.3, 0.4) is 0 Å². The van der Waals surface area contributed by atoms with Crippen molar-refractivity contribution in [2.45, 2.75) is 43.8 Å². The Morgan fingerprint density at radius 2 is 1.79 bits per heavy atom. The van der Waals surface area contributed by atoms with Crippen molar-refractivity contribution in [3.63, 3.8) is 0 Å². The Balaban J connectivity index is 1.76. The number of likely N-dealkylation sites (N-methyl/N-ethyl adjacent to an activating group) is 1. The van der Waals surface area contributed by atoms with Gasteiger partial charge in [-0.2, -0.15) is 0 Å². The molecule has 2 fully saturated rings. The van der Waals surface area contributed by atoms with Crippen molar-refractivity contribution in [1.29, 1.82) is 0 Å². The van der Waals surface area contributed by atoms with E-state index in [4.69, 9.17) is 0 Å². The van der Waals surface area contributed by atoms with Crippen LogP contribution in [0.4, 0.5) is 0 Å². The summed E-state index contributed by atoms with van der Waals surface area (Å²) in [6.45, 7) is 2.20. The first-order valence-corrected chi connectivity index (χ1v) is 5.91. The van der Waals surface area contributed by atoms with Crippen LogP contribution in [0.25, 0.3) is 0 Å². The molecule has 0 spiro atoms. The third-order valence-corrected chi connectivity index (χ3v) is 3.91. The summed E-state index contributed by atoms with van der Waals surface area (Å²) in [5.74, 6) is 0. The minimum atomic E-state index is 0.775. The van der Waals surface area contributed by atoms with Gasteiger partial charge in [0.15, 0.2) is 0 Å². The van der Waals surface area contributed by atoms with E-state index in [0.29, 0.717) is 0 Å². The van der Waals surface area contributed by atoms with Crippen LogP contribution in [0.1, 0.15) is 25.7 Å². The lowest BCUT2D eigenvalue weighted by Gasteiger charge is -2.36. The van der Waals surface area contributed by atoms with Gasteiger partial charge in [0.05, 0.1) is 0 Å². The summed E-state index contributed by atoms with van der Waals surface area (Å²) in [7, 11) is 4.31. The van der Waals surface area contributed by atoms with E-state index in [2.05, 4.69) is 22.6 Å².